The number of aliphatic hydroxyl groups is 2. The molecule has 0 aromatic heterocycles. The van der Waals surface area contributed by atoms with Crippen molar-refractivity contribution in [1.29, 1.82) is 0 Å². The van der Waals surface area contributed by atoms with Gasteiger partial charge in [0.1, 0.15) is 0 Å². The molecule has 0 heterocycles. The van der Waals surface area contributed by atoms with Crippen LogP contribution in [0.25, 0.3) is 0 Å². The van der Waals surface area contributed by atoms with E-state index in [9.17, 15) is 15.0 Å². The molecule has 7 heteroatoms. The van der Waals surface area contributed by atoms with E-state index in [1.807, 2.05) is 6.92 Å². The Morgan fingerprint density at radius 2 is 1.78 bits per heavy atom. The summed E-state index contributed by atoms with van der Waals surface area (Å²) in [5.41, 5.74) is 1.54. The first-order chi connectivity index (χ1) is 17.1. The fourth-order valence-corrected chi connectivity index (χ4v) is 9.06. The van der Waals surface area contributed by atoms with Crippen molar-refractivity contribution in [3.8, 4) is 0 Å². The lowest BCUT2D eigenvalue weighted by atomic mass is 9.44. The number of nitrogens with one attached hydrogen (secondary N) is 1. The normalized spacial score (nSPS) is 40.4. The highest BCUT2D eigenvalue weighted by molar-refractivity contribution is 5.85. The predicted molar refractivity (Wildman–Crippen MR) is 143 cm³/mol. The van der Waals surface area contributed by atoms with Gasteiger partial charge in [0.25, 0.3) is 0 Å². The van der Waals surface area contributed by atoms with E-state index in [0.29, 0.717) is 42.3 Å². The number of carbonyl (C=O) groups is 1. The Hall–Kier alpha value is -1.18. The molecule has 0 saturated heterocycles. The second-order valence-electron chi connectivity index (χ2n) is 13.2. The van der Waals surface area contributed by atoms with Gasteiger partial charge in [0, 0.05) is 31.6 Å². The Morgan fingerprint density at radius 3 is 2.50 bits per heavy atom. The van der Waals surface area contributed by atoms with Gasteiger partial charge in [0.15, 0.2) is 0 Å². The SMILES string of the molecule is C/C(=N\OC(=O)N(CCO)CCNC(C)C)[C@H]1CC[C@H]2[C@@H]3CC[C@H]4C[C@H](O)CC[C@]4(C)[C@H]3CC[C@]12C. The molecule has 0 bridgehead atoms. The lowest BCUT2D eigenvalue weighted by molar-refractivity contribution is -0.123. The van der Waals surface area contributed by atoms with Crippen LogP contribution >= 0.6 is 0 Å². The van der Waals surface area contributed by atoms with Crippen LogP contribution in [0.2, 0.25) is 0 Å². The first-order valence-corrected chi connectivity index (χ1v) is 14.6. The number of hydrogen-bond donors (Lipinski definition) is 3. The van der Waals surface area contributed by atoms with Crippen LogP contribution in [0.5, 0.6) is 0 Å². The molecule has 4 aliphatic carbocycles. The second-order valence-corrected chi connectivity index (χ2v) is 13.2. The molecule has 0 aromatic rings. The predicted octanol–water partition coefficient (Wildman–Crippen LogP) is 4.81. The van der Waals surface area contributed by atoms with Gasteiger partial charge in [0.05, 0.1) is 18.4 Å². The van der Waals surface area contributed by atoms with Crippen molar-refractivity contribution in [1.82, 2.24) is 10.2 Å². The summed E-state index contributed by atoms with van der Waals surface area (Å²) in [6.07, 6.45) is 10.00. The summed E-state index contributed by atoms with van der Waals surface area (Å²) in [6, 6.07) is 0.339. The average molecular weight is 506 g/mol. The van der Waals surface area contributed by atoms with E-state index in [-0.39, 0.29) is 24.7 Å². The summed E-state index contributed by atoms with van der Waals surface area (Å²) in [6.45, 7) is 12.5. The van der Waals surface area contributed by atoms with Gasteiger partial charge in [0.2, 0.25) is 0 Å². The van der Waals surface area contributed by atoms with Gasteiger partial charge in [-0.25, -0.2) is 4.79 Å². The number of carbonyl (C=O) groups excluding carboxylic acids is 1. The largest absolute Gasteiger partial charge is 0.436 e. The quantitative estimate of drug-likeness (QED) is 0.250. The molecule has 36 heavy (non-hydrogen) atoms. The standard InChI is InChI=1S/C29H51N3O4/c1-19(2)30-14-15-32(16-17-33)27(35)36-31-20(3)24-8-9-25-23-7-6-21-18-22(34)10-12-28(21,4)26(23)11-13-29(24,25)5/h19,21-26,30,33-34H,6-18H2,1-5H3/b31-20+/t21-,22+,23-,24+,25-,26-,28-,29+/m0/s1. The Morgan fingerprint density at radius 1 is 1.06 bits per heavy atom. The number of amides is 1. The summed E-state index contributed by atoms with van der Waals surface area (Å²) >= 11 is 0. The van der Waals surface area contributed by atoms with Crippen LogP contribution in [0, 0.1) is 40.4 Å². The molecule has 4 fully saturated rings. The summed E-state index contributed by atoms with van der Waals surface area (Å²) in [5, 5.41) is 27.4. The highest BCUT2D eigenvalue weighted by atomic mass is 16.7. The van der Waals surface area contributed by atoms with E-state index in [1.54, 1.807) is 0 Å². The number of rotatable bonds is 8. The zero-order chi connectivity index (χ0) is 26.1. The number of hydrogen-bond acceptors (Lipinski definition) is 6. The molecule has 4 aliphatic rings. The molecule has 7 nitrogen and oxygen atoms in total. The molecule has 0 aliphatic heterocycles. The Labute approximate surface area is 218 Å². The third-order valence-electron chi connectivity index (χ3n) is 11.0. The Balaban J connectivity index is 1.40. The Kier molecular flexibility index (Phi) is 8.73. The molecule has 0 radical (unpaired) electrons. The van der Waals surface area contributed by atoms with Gasteiger partial charge in [-0.3, -0.25) is 4.84 Å². The number of nitrogens with zero attached hydrogens (tertiary/aromatic N) is 2. The van der Waals surface area contributed by atoms with E-state index in [0.717, 1.165) is 36.8 Å². The van der Waals surface area contributed by atoms with E-state index >= 15 is 0 Å². The molecule has 0 aromatic carbocycles. The van der Waals surface area contributed by atoms with Crippen molar-refractivity contribution in [3.63, 3.8) is 0 Å². The van der Waals surface area contributed by atoms with Crippen LogP contribution in [0.15, 0.2) is 5.16 Å². The minimum absolute atomic E-state index is 0.0920. The number of fused-ring (bicyclic) bond motifs is 5. The lowest BCUT2D eigenvalue weighted by Crippen LogP contribution is -2.54. The van der Waals surface area contributed by atoms with E-state index < -0.39 is 6.09 Å². The Bertz CT molecular complexity index is 803. The van der Waals surface area contributed by atoms with Crippen LogP contribution in [0.3, 0.4) is 0 Å². The van der Waals surface area contributed by atoms with Crippen molar-refractivity contribution in [2.24, 2.45) is 45.6 Å². The first-order valence-electron chi connectivity index (χ1n) is 14.6. The molecule has 0 unspecified atom stereocenters. The molecule has 8 atom stereocenters. The van der Waals surface area contributed by atoms with Crippen molar-refractivity contribution in [3.05, 3.63) is 0 Å². The van der Waals surface area contributed by atoms with Crippen LogP contribution in [-0.4, -0.2) is 65.3 Å². The van der Waals surface area contributed by atoms with Crippen molar-refractivity contribution in [2.75, 3.05) is 26.2 Å². The van der Waals surface area contributed by atoms with E-state index in [1.165, 1.54) is 43.4 Å². The molecule has 4 saturated carbocycles. The topological polar surface area (TPSA) is 94.4 Å². The van der Waals surface area contributed by atoms with Crippen molar-refractivity contribution >= 4 is 11.8 Å². The minimum atomic E-state index is -0.483. The lowest BCUT2D eigenvalue weighted by Gasteiger charge is -2.61. The van der Waals surface area contributed by atoms with E-state index in [2.05, 4.69) is 38.2 Å². The van der Waals surface area contributed by atoms with Crippen LogP contribution in [0.4, 0.5) is 4.79 Å². The molecule has 3 N–H and O–H groups in total. The summed E-state index contributed by atoms with van der Waals surface area (Å²) < 4.78 is 0. The minimum Gasteiger partial charge on any atom is -0.395 e. The summed E-state index contributed by atoms with van der Waals surface area (Å²) in [7, 11) is 0. The fourth-order valence-electron chi connectivity index (χ4n) is 9.06. The van der Waals surface area contributed by atoms with Crippen molar-refractivity contribution < 1.29 is 19.8 Å². The first kappa shape index (κ1) is 27.8. The highest BCUT2D eigenvalue weighted by Crippen LogP contribution is 2.67. The smallest absolute Gasteiger partial charge is 0.395 e. The van der Waals surface area contributed by atoms with Gasteiger partial charge in [-0.05, 0) is 99.2 Å². The third kappa shape index (κ3) is 5.35. The van der Waals surface area contributed by atoms with Gasteiger partial charge in [-0.15, -0.1) is 0 Å². The van der Waals surface area contributed by atoms with Gasteiger partial charge < -0.3 is 20.4 Å². The third-order valence-corrected chi connectivity index (χ3v) is 11.0. The van der Waals surface area contributed by atoms with Gasteiger partial charge in [-0.2, -0.15) is 0 Å². The maximum atomic E-state index is 12.7. The highest BCUT2D eigenvalue weighted by Gasteiger charge is 2.60. The zero-order valence-electron chi connectivity index (χ0n) is 23.3. The number of oxime groups is 1. The molecule has 0 spiro atoms. The second kappa shape index (κ2) is 11.3. The van der Waals surface area contributed by atoms with Crippen LogP contribution in [-0.2, 0) is 4.84 Å². The van der Waals surface area contributed by atoms with E-state index in [4.69, 9.17) is 4.84 Å². The summed E-state index contributed by atoms with van der Waals surface area (Å²) in [4.78, 5) is 19.7. The maximum Gasteiger partial charge on any atom is 0.436 e. The fraction of sp³-hybridized carbons (Fsp3) is 0.931. The molecule has 206 valence electrons. The molecule has 1 amide bonds. The molecular weight excluding hydrogens is 454 g/mol. The average Bonchev–Trinajstić information content (AvgIpc) is 3.19. The zero-order valence-corrected chi connectivity index (χ0v) is 23.3. The van der Waals surface area contributed by atoms with Crippen molar-refractivity contribution in [2.45, 2.75) is 105 Å². The van der Waals surface area contributed by atoms with Crippen LogP contribution in [0.1, 0.15) is 92.4 Å². The number of aliphatic hydroxyl groups excluding tert-OH is 2. The monoisotopic (exact) mass is 505 g/mol. The molecular formula is C29H51N3O4. The molecule has 4 rings (SSSR count). The summed E-state index contributed by atoms with van der Waals surface area (Å²) in [5.74, 6) is 3.30. The van der Waals surface area contributed by atoms with Gasteiger partial charge >= 0.3 is 6.09 Å². The van der Waals surface area contributed by atoms with Crippen LogP contribution < -0.4 is 5.32 Å². The van der Waals surface area contributed by atoms with Gasteiger partial charge in [-0.1, -0.05) is 32.9 Å². The maximum absolute atomic E-state index is 12.7.